The Bertz CT molecular complexity index is 418. The van der Waals surface area contributed by atoms with Crippen LogP contribution < -0.4 is 10.2 Å². The molecule has 0 spiro atoms. The predicted molar refractivity (Wildman–Crippen MR) is 82.4 cm³/mol. The van der Waals surface area contributed by atoms with Gasteiger partial charge in [0.1, 0.15) is 17.5 Å². The van der Waals surface area contributed by atoms with E-state index in [1.54, 1.807) is 0 Å². The number of nitrogens with one attached hydrogen (secondary N) is 1. The van der Waals surface area contributed by atoms with Crippen molar-refractivity contribution in [1.29, 1.82) is 0 Å². The highest BCUT2D eigenvalue weighted by molar-refractivity contribution is 5.49. The van der Waals surface area contributed by atoms with Crippen molar-refractivity contribution < 1.29 is 4.74 Å². The maximum Gasteiger partial charge on any atom is 0.134 e. The van der Waals surface area contributed by atoms with E-state index in [0.29, 0.717) is 6.10 Å². The highest BCUT2D eigenvalue weighted by Crippen LogP contribution is 2.19. The highest BCUT2D eigenvalue weighted by atomic mass is 16.5. The van der Waals surface area contributed by atoms with Crippen molar-refractivity contribution in [2.75, 3.05) is 37.0 Å². The monoisotopic (exact) mass is 278 g/mol. The molecule has 1 unspecified atom stereocenters. The molecular formula is C15H26N4O. The molecule has 1 aromatic heterocycles. The molecule has 1 aromatic rings. The number of likely N-dealkylation sites (N-methyl/N-ethyl adjacent to an activating group) is 1. The van der Waals surface area contributed by atoms with E-state index < -0.39 is 0 Å². The van der Waals surface area contributed by atoms with Gasteiger partial charge < -0.3 is 15.0 Å². The number of aromatic nitrogens is 2. The first-order chi connectivity index (χ1) is 9.72. The van der Waals surface area contributed by atoms with Crippen molar-refractivity contribution in [3.05, 3.63) is 11.9 Å². The van der Waals surface area contributed by atoms with Crippen molar-refractivity contribution in [3.63, 3.8) is 0 Å². The normalized spacial score (nSPS) is 18.2. The summed E-state index contributed by atoms with van der Waals surface area (Å²) >= 11 is 0. The van der Waals surface area contributed by atoms with Gasteiger partial charge in [-0.2, -0.15) is 0 Å². The molecule has 0 saturated carbocycles. The molecule has 1 saturated heterocycles. The van der Waals surface area contributed by atoms with Crippen molar-refractivity contribution in [2.45, 2.75) is 45.6 Å². The van der Waals surface area contributed by atoms with Gasteiger partial charge >= 0.3 is 0 Å². The third kappa shape index (κ3) is 4.07. The second-order valence-corrected chi connectivity index (χ2v) is 5.32. The van der Waals surface area contributed by atoms with Crippen LogP contribution in [0.1, 0.15) is 38.9 Å². The summed E-state index contributed by atoms with van der Waals surface area (Å²) in [6, 6.07) is 2.03. The Labute approximate surface area is 121 Å². The van der Waals surface area contributed by atoms with Crippen LogP contribution in [0.25, 0.3) is 0 Å². The zero-order valence-corrected chi connectivity index (χ0v) is 12.9. The second kappa shape index (κ2) is 7.43. The summed E-state index contributed by atoms with van der Waals surface area (Å²) in [7, 11) is 2.08. The van der Waals surface area contributed by atoms with E-state index >= 15 is 0 Å². The molecule has 2 heterocycles. The summed E-state index contributed by atoms with van der Waals surface area (Å²) in [5.74, 6) is 2.79. The molecule has 5 heteroatoms. The van der Waals surface area contributed by atoms with E-state index in [9.17, 15) is 0 Å². The highest BCUT2D eigenvalue weighted by Gasteiger charge is 2.18. The lowest BCUT2D eigenvalue weighted by molar-refractivity contribution is 0.116. The van der Waals surface area contributed by atoms with Crippen molar-refractivity contribution in [1.82, 2.24) is 9.97 Å². The maximum absolute atomic E-state index is 5.70. The van der Waals surface area contributed by atoms with E-state index in [-0.39, 0.29) is 0 Å². The lowest BCUT2D eigenvalue weighted by Gasteiger charge is -2.22. The number of aryl methyl sites for hydroxylation is 1. The quantitative estimate of drug-likeness (QED) is 0.830. The lowest BCUT2D eigenvalue weighted by atomic mass is 10.2. The van der Waals surface area contributed by atoms with Gasteiger partial charge in [-0.3, -0.25) is 0 Å². The average molecular weight is 278 g/mol. The number of ether oxygens (including phenoxy) is 1. The Hall–Kier alpha value is -1.36. The zero-order valence-electron chi connectivity index (χ0n) is 12.9. The number of rotatable bonds is 7. The second-order valence-electron chi connectivity index (χ2n) is 5.32. The molecule has 1 atom stereocenters. The minimum absolute atomic E-state index is 0.340. The first kappa shape index (κ1) is 15.0. The molecule has 5 nitrogen and oxygen atoms in total. The molecule has 112 valence electrons. The minimum Gasteiger partial charge on any atom is -0.376 e. The van der Waals surface area contributed by atoms with Crippen LogP contribution in [-0.2, 0) is 11.2 Å². The zero-order chi connectivity index (χ0) is 14.4. The summed E-state index contributed by atoms with van der Waals surface area (Å²) in [4.78, 5) is 11.3. The molecular weight excluding hydrogens is 252 g/mol. The predicted octanol–water partition coefficient (Wildman–Crippen LogP) is 2.48. The van der Waals surface area contributed by atoms with E-state index in [4.69, 9.17) is 4.74 Å². The van der Waals surface area contributed by atoms with Crippen LogP contribution in [-0.4, -0.2) is 42.8 Å². The Morgan fingerprint density at radius 3 is 2.90 bits per heavy atom. The van der Waals surface area contributed by atoms with Crippen LogP contribution in [0.5, 0.6) is 0 Å². The largest absolute Gasteiger partial charge is 0.376 e. The van der Waals surface area contributed by atoms with Crippen molar-refractivity contribution in [2.24, 2.45) is 0 Å². The Morgan fingerprint density at radius 2 is 2.25 bits per heavy atom. The van der Waals surface area contributed by atoms with E-state index in [1.807, 2.05) is 6.07 Å². The van der Waals surface area contributed by atoms with Gasteiger partial charge in [0.25, 0.3) is 0 Å². The average Bonchev–Trinajstić information content (AvgIpc) is 2.97. The van der Waals surface area contributed by atoms with Gasteiger partial charge in [0, 0.05) is 39.2 Å². The standard InChI is InChI=1S/C15H26N4O/c1-4-8-16-14-10-15(18-13(5-2)17-14)19(3)11-12-7-6-9-20-12/h10,12H,4-9,11H2,1-3H3,(H,16,17,18). The van der Waals surface area contributed by atoms with Crippen LogP contribution in [0.3, 0.4) is 0 Å². The van der Waals surface area contributed by atoms with Gasteiger partial charge in [-0.05, 0) is 19.3 Å². The molecule has 20 heavy (non-hydrogen) atoms. The summed E-state index contributed by atoms with van der Waals surface area (Å²) in [6.45, 7) is 6.97. The summed E-state index contributed by atoms with van der Waals surface area (Å²) in [5, 5.41) is 3.35. The fraction of sp³-hybridized carbons (Fsp3) is 0.733. The third-order valence-electron chi connectivity index (χ3n) is 3.52. The molecule has 0 bridgehead atoms. The van der Waals surface area contributed by atoms with Gasteiger partial charge in [0.05, 0.1) is 6.10 Å². The van der Waals surface area contributed by atoms with E-state index in [2.05, 4.69) is 41.1 Å². The fourth-order valence-corrected chi connectivity index (χ4v) is 2.37. The smallest absolute Gasteiger partial charge is 0.134 e. The molecule has 0 aliphatic carbocycles. The molecule has 0 amide bonds. The summed E-state index contributed by atoms with van der Waals surface area (Å²) in [6.07, 6.45) is 4.60. The molecule has 1 aliphatic rings. The van der Waals surface area contributed by atoms with Gasteiger partial charge in [-0.1, -0.05) is 13.8 Å². The van der Waals surface area contributed by atoms with Crippen LogP contribution in [0.2, 0.25) is 0 Å². The van der Waals surface area contributed by atoms with Crippen LogP contribution in [0.4, 0.5) is 11.6 Å². The van der Waals surface area contributed by atoms with Crippen molar-refractivity contribution >= 4 is 11.6 Å². The Kier molecular flexibility index (Phi) is 5.59. The molecule has 1 aliphatic heterocycles. The van der Waals surface area contributed by atoms with Gasteiger partial charge in [0.15, 0.2) is 0 Å². The topological polar surface area (TPSA) is 50.3 Å². The Balaban J connectivity index is 2.07. The first-order valence-electron chi connectivity index (χ1n) is 7.67. The van der Waals surface area contributed by atoms with Gasteiger partial charge in [-0.25, -0.2) is 9.97 Å². The van der Waals surface area contributed by atoms with Crippen LogP contribution in [0.15, 0.2) is 6.07 Å². The SMILES string of the molecule is CCCNc1cc(N(C)CC2CCCO2)nc(CC)n1. The van der Waals surface area contributed by atoms with Crippen LogP contribution >= 0.6 is 0 Å². The van der Waals surface area contributed by atoms with E-state index in [0.717, 1.165) is 56.4 Å². The molecule has 0 radical (unpaired) electrons. The Morgan fingerprint density at radius 1 is 1.40 bits per heavy atom. The van der Waals surface area contributed by atoms with Gasteiger partial charge in [0.2, 0.25) is 0 Å². The molecule has 1 fully saturated rings. The number of hydrogen-bond donors (Lipinski definition) is 1. The number of hydrogen-bond acceptors (Lipinski definition) is 5. The summed E-state index contributed by atoms with van der Waals surface area (Å²) in [5.41, 5.74) is 0. The van der Waals surface area contributed by atoms with E-state index in [1.165, 1.54) is 6.42 Å². The number of anilines is 2. The lowest BCUT2D eigenvalue weighted by Crippen LogP contribution is -2.29. The first-order valence-corrected chi connectivity index (χ1v) is 7.67. The molecule has 1 N–H and O–H groups in total. The van der Waals surface area contributed by atoms with Crippen LogP contribution in [0, 0.1) is 0 Å². The van der Waals surface area contributed by atoms with Crippen molar-refractivity contribution in [3.8, 4) is 0 Å². The maximum atomic E-state index is 5.70. The fourth-order valence-electron chi connectivity index (χ4n) is 2.37. The summed E-state index contributed by atoms with van der Waals surface area (Å²) < 4.78 is 5.70. The number of nitrogens with zero attached hydrogens (tertiary/aromatic N) is 3. The minimum atomic E-state index is 0.340. The van der Waals surface area contributed by atoms with Gasteiger partial charge in [-0.15, -0.1) is 0 Å². The molecule has 2 rings (SSSR count). The third-order valence-corrected chi connectivity index (χ3v) is 3.52. The molecule has 0 aromatic carbocycles.